The molecule has 0 aromatic heterocycles. The number of fused-ring (bicyclic) bond motifs is 1. The number of rotatable bonds is 9. The summed E-state index contributed by atoms with van der Waals surface area (Å²) in [5.41, 5.74) is 3.20. The smallest absolute Gasteiger partial charge is 0.410 e. The minimum Gasteiger partial charge on any atom is -0.507 e. The van der Waals surface area contributed by atoms with Crippen LogP contribution in [0.25, 0.3) is 6.08 Å². The van der Waals surface area contributed by atoms with Crippen LogP contribution in [0, 0.1) is 11.8 Å². The first-order valence-electron chi connectivity index (χ1n) is 18.1. The Balaban J connectivity index is 1.06. The van der Waals surface area contributed by atoms with Crippen molar-refractivity contribution in [3.63, 3.8) is 0 Å². The second kappa shape index (κ2) is 16.0. The van der Waals surface area contributed by atoms with Crippen molar-refractivity contribution >= 4 is 40.0 Å². The van der Waals surface area contributed by atoms with Crippen LogP contribution < -0.4 is 10.0 Å². The number of hydrogen-bond acceptors (Lipinski definition) is 7. The average Bonchev–Trinajstić information content (AvgIpc) is 3.33. The maximum Gasteiger partial charge on any atom is 0.410 e. The van der Waals surface area contributed by atoms with Gasteiger partial charge in [-0.05, 0) is 86.1 Å². The lowest BCUT2D eigenvalue weighted by Crippen LogP contribution is -2.52. The first kappa shape index (κ1) is 36.6. The van der Waals surface area contributed by atoms with Crippen molar-refractivity contribution in [3.8, 4) is 5.75 Å². The Morgan fingerprint density at radius 3 is 2.27 bits per heavy atom. The SMILES string of the molecule is C=Cc1cc(C[C@@H](OC(=O)N2CCC(N3CCc4ccccc4NC3=O)CC2)C(=O)N2CCC(C3CCN(S(=O)(=O)NC)CC3)CC2)ccc1O. The van der Waals surface area contributed by atoms with E-state index in [1.165, 1.54) is 11.4 Å². The summed E-state index contributed by atoms with van der Waals surface area (Å²) in [6.45, 7) is 7.22. The lowest BCUT2D eigenvalue weighted by molar-refractivity contribution is -0.142. The second-order valence-corrected chi connectivity index (χ2v) is 15.9. The molecule has 2 aromatic rings. The van der Waals surface area contributed by atoms with Gasteiger partial charge in [0.1, 0.15) is 5.75 Å². The number of likely N-dealkylation sites (tertiary alicyclic amines) is 2. The van der Waals surface area contributed by atoms with E-state index in [4.69, 9.17) is 4.74 Å². The van der Waals surface area contributed by atoms with Gasteiger partial charge in [-0.1, -0.05) is 36.9 Å². The maximum atomic E-state index is 14.1. The number of carbonyl (C=O) groups excluding carboxylic acids is 3. The van der Waals surface area contributed by atoms with E-state index in [-0.39, 0.29) is 30.2 Å². The topological polar surface area (TPSA) is 152 Å². The molecule has 0 radical (unpaired) electrons. The third-order valence-electron chi connectivity index (χ3n) is 11.2. The molecule has 2 aromatic carbocycles. The van der Waals surface area contributed by atoms with Crippen LogP contribution in [0.4, 0.5) is 15.3 Å². The van der Waals surface area contributed by atoms with Gasteiger partial charge < -0.3 is 29.9 Å². The van der Waals surface area contributed by atoms with Crippen LogP contribution in [0.5, 0.6) is 5.75 Å². The summed E-state index contributed by atoms with van der Waals surface area (Å²) in [6, 6.07) is 12.7. The highest BCUT2D eigenvalue weighted by molar-refractivity contribution is 7.87. The molecule has 3 fully saturated rings. The zero-order valence-electron chi connectivity index (χ0n) is 29.3. The molecule has 4 amide bonds. The summed E-state index contributed by atoms with van der Waals surface area (Å²) in [7, 11) is -2.00. The maximum absolute atomic E-state index is 14.1. The highest BCUT2D eigenvalue weighted by Crippen LogP contribution is 2.34. The molecule has 0 unspecified atom stereocenters. The fourth-order valence-corrected chi connectivity index (χ4v) is 9.04. The molecule has 0 saturated carbocycles. The van der Waals surface area contributed by atoms with Gasteiger partial charge in [-0.2, -0.15) is 12.7 Å². The van der Waals surface area contributed by atoms with Crippen LogP contribution in [0.15, 0.2) is 49.0 Å². The molecular weight excluding hydrogens is 673 g/mol. The third kappa shape index (κ3) is 8.50. The highest BCUT2D eigenvalue weighted by Gasteiger charge is 2.38. The van der Waals surface area contributed by atoms with Crippen molar-refractivity contribution < 1.29 is 32.6 Å². The molecule has 0 aliphatic carbocycles. The van der Waals surface area contributed by atoms with Gasteiger partial charge in [0.2, 0.25) is 0 Å². The molecule has 276 valence electrons. The molecule has 0 spiro atoms. The molecule has 0 bridgehead atoms. The number of nitrogens with one attached hydrogen (secondary N) is 2. The minimum atomic E-state index is -3.43. The standard InChI is InChI=1S/C37H50N6O7S/c1-3-27-24-26(8-9-33(27)44)25-34(35(45)40-17-10-28(11-18-40)29-12-21-42(22-13-29)51(48,49)38-2)50-37(47)41-19-15-31(16-20-41)43-23-14-30-6-4-5-7-32(30)39-36(43)46/h3-9,24,28-29,31,34,38,44H,1,10-23,25H2,2H3,(H,39,46)/t34-/m1/s1. The summed E-state index contributed by atoms with van der Waals surface area (Å²) in [6.07, 6.45) is 5.22. The van der Waals surface area contributed by atoms with Gasteiger partial charge in [0, 0.05) is 76.6 Å². The molecule has 6 rings (SSSR count). The van der Waals surface area contributed by atoms with Gasteiger partial charge in [0.15, 0.2) is 6.10 Å². The molecule has 3 saturated heterocycles. The zero-order valence-corrected chi connectivity index (χ0v) is 30.2. The number of urea groups is 1. The predicted molar refractivity (Wildman–Crippen MR) is 194 cm³/mol. The Kier molecular flexibility index (Phi) is 11.5. The van der Waals surface area contributed by atoms with Crippen LogP contribution in [0.3, 0.4) is 0 Å². The lowest BCUT2D eigenvalue weighted by Gasteiger charge is -2.40. The second-order valence-electron chi connectivity index (χ2n) is 14.0. The third-order valence-corrected chi connectivity index (χ3v) is 12.7. The summed E-state index contributed by atoms with van der Waals surface area (Å²) >= 11 is 0. The number of aromatic hydroxyl groups is 1. The Morgan fingerprint density at radius 2 is 1.61 bits per heavy atom. The predicted octanol–water partition coefficient (Wildman–Crippen LogP) is 4.05. The van der Waals surface area contributed by atoms with Crippen molar-refractivity contribution in [1.29, 1.82) is 0 Å². The molecule has 3 N–H and O–H groups in total. The largest absolute Gasteiger partial charge is 0.507 e. The van der Waals surface area contributed by atoms with E-state index in [0.717, 1.165) is 48.9 Å². The Morgan fingerprint density at radius 1 is 0.961 bits per heavy atom. The summed E-state index contributed by atoms with van der Waals surface area (Å²) in [5, 5.41) is 13.2. The quantitative estimate of drug-likeness (QED) is 0.353. The molecule has 14 heteroatoms. The number of para-hydroxylation sites is 1. The molecule has 4 aliphatic rings. The molecule has 51 heavy (non-hydrogen) atoms. The van der Waals surface area contributed by atoms with E-state index in [1.54, 1.807) is 34.1 Å². The number of nitrogens with zero attached hydrogens (tertiary/aromatic N) is 4. The first-order chi connectivity index (χ1) is 24.6. The van der Waals surface area contributed by atoms with Gasteiger partial charge in [-0.15, -0.1) is 0 Å². The summed E-state index contributed by atoms with van der Waals surface area (Å²) in [4.78, 5) is 46.1. The average molecular weight is 723 g/mol. The molecular formula is C37H50N6O7S. The first-order valence-corrected chi connectivity index (χ1v) is 19.5. The van der Waals surface area contributed by atoms with Crippen molar-refractivity contribution in [2.24, 2.45) is 11.8 Å². The fourth-order valence-electron chi connectivity index (χ4n) is 8.09. The molecule has 1 atom stereocenters. The number of amides is 4. The molecule has 4 aliphatic heterocycles. The van der Waals surface area contributed by atoms with Crippen molar-refractivity contribution in [2.45, 2.75) is 63.5 Å². The van der Waals surface area contributed by atoms with Crippen LogP contribution in [-0.2, 0) is 32.6 Å². The lowest BCUT2D eigenvalue weighted by atomic mass is 9.79. The fraction of sp³-hybridized carbons (Fsp3) is 0.541. The Labute approximate surface area is 300 Å². The zero-order chi connectivity index (χ0) is 36.1. The number of carbonyl (C=O) groups is 3. The van der Waals surface area contributed by atoms with E-state index < -0.39 is 22.4 Å². The van der Waals surface area contributed by atoms with Gasteiger partial charge in [0.25, 0.3) is 16.1 Å². The number of benzene rings is 2. The minimum absolute atomic E-state index is 0.0173. The van der Waals surface area contributed by atoms with E-state index in [0.29, 0.717) is 76.1 Å². The van der Waals surface area contributed by atoms with E-state index >= 15 is 0 Å². The molecule has 4 heterocycles. The molecule has 13 nitrogen and oxygen atoms in total. The number of piperidine rings is 3. The summed E-state index contributed by atoms with van der Waals surface area (Å²) in [5.74, 6) is 0.617. The van der Waals surface area contributed by atoms with Gasteiger partial charge in [-0.25, -0.2) is 14.3 Å². The van der Waals surface area contributed by atoms with Crippen LogP contribution in [0.1, 0.15) is 55.2 Å². The Hall–Kier alpha value is -4.14. The van der Waals surface area contributed by atoms with Gasteiger partial charge >= 0.3 is 12.1 Å². The van der Waals surface area contributed by atoms with Gasteiger partial charge in [-0.3, -0.25) is 4.79 Å². The van der Waals surface area contributed by atoms with Crippen LogP contribution >= 0.6 is 0 Å². The van der Waals surface area contributed by atoms with Crippen molar-refractivity contribution in [1.82, 2.24) is 23.7 Å². The number of hydrogen-bond donors (Lipinski definition) is 3. The summed E-state index contributed by atoms with van der Waals surface area (Å²) < 4.78 is 34.3. The normalized spacial score (nSPS) is 20.6. The monoisotopic (exact) mass is 722 g/mol. The number of phenols is 1. The number of anilines is 1. The van der Waals surface area contributed by atoms with E-state index in [9.17, 15) is 27.9 Å². The van der Waals surface area contributed by atoms with Crippen LogP contribution in [-0.4, -0.2) is 116 Å². The van der Waals surface area contributed by atoms with Crippen molar-refractivity contribution in [2.75, 3.05) is 58.2 Å². The van der Waals surface area contributed by atoms with Crippen molar-refractivity contribution in [3.05, 3.63) is 65.7 Å². The number of phenolic OH excluding ortho intramolecular Hbond substituents is 1. The van der Waals surface area contributed by atoms with E-state index in [1.807, 2.05) is 29.2 Å². The van der Waals surface area contributed by atoms with E-state index in [2.05, 4.69) is 16.6 Å². The highest BCUT2D eigenvalue weighted by atomic mass is 32.2. The number of ether oxygens (including phenoxy) is 1. The van der Waals surface area contributed by atoms with Gasteiger partial charge in [0.05, 0.1) is 0 Å². The Bertz CT molecular complexity index is 1700. The van der Waals surface area contributed by atoms with Crippen LogP contribution in [0.2, 0.25) is 0 Å².